The van der Waals surface area contributed by atoms with Crippen molar-refractivity contribution in [3.05, 3.63) is 101 Å². The molecule has 3 aromatic rings. The normalized spacial score (nSPS) is 16.4. The highest BCUT2D eigenvalue weighted by atomic mass is 19.4. The molecule has 1 aliphatic rings. The maximum Gasteiger partial charge on any atom is 0.450 e. The van der Waals surface area contributed by atoms with E-state index >= 15 is 0 Å². The van der Waals surface area contributed by atoms with Crippen molar-refractivity contribution in [3.63, 3.8) is 0 Å². The Kier molecular flexibility index (Phi) is 5.93. The van der Waals surface area contributed by atoms with Gasteiger partial charge in [-0.3, -0.25) is 4.79 Å². The summed E-state index contributed by atoms with van der Waals surface area (Å²) in [6, 6.07) is 9.27. The number of carbonyl (C=O) groups excluding carboxylic acids is 1. The predicted molar refractivity (Wildman–Crippen MR) is 114 cm³/mol. The monoisotopic (exact) mass is 459 g/mol. The van der Waals surface area contributed by atoms with E-state index in [1.54, 1.807) is 30.4 Å². The van der Waals surface area contributed by atoms with Crippen LogP contribution in [0.15, 0.2) is 76.9 Å². The number of allylic oxidation sites excluding steroid dienone is 5. The zero-order valence-corrected chi connectivity index (χ0v) is 17.3. The van der Waals surface area contributed by atoms with Gasteiger partial charge < -0.3 is 9.73 Å². The first-order chi connectivity index (χ1) is 15.7. The molecule has 3 nitrogen and oxygen atoms in total. The number of hydrogen-bond donors (Lipinski definition) is 1. The first-order valence-electron chi connectivity index (χ1n) is 10.1. The van der Waals surface area contributed by atoms with Gasteiger partial charge in [-0.2, -0.15) is 13.2 Å². The molecule has 1 heterocycles. The van der Waals surface area contributed by atoms with Gasteiger partial charge in [-0.05, 0) is 42.2 Å². The zero-order chi connectivity index (χ0) is 23.8. The Hall–Kier alpha value is -3.68. The zero-order valence-electron chi connectivity index (χ0n) is 17.3. The summed E-state index contributed by atoms with van der Waals surface area (Å²) in [5, 5.41) is 2.75. The van der Waals surface area contributed by atoms with Crippen molar-refractivity contribution in [1.82, 2.24) is 5.32 Å². The summed E-state index contributed by atoms with van der Waals surface area (Å²) >= 11 is 0. The number of nitrogens with one attached hydrogen (secondary N) is 1. The number of halogens is 5. The van der Waals surface area contributed by atoms with Crippen LogP contribution in [0.2, 0.25) is 0 Å². The quantitative estimate of drug-likeness (QED) is 0.426. The fourth-order valence-electron chi connectivity index (χ4n) is 3.73. The minimum absolute atomic E-state index is 0.0999. The number of benzene rings is 2. The Balaban J connectivity index is 1.73. The molecule has 1 amide bonds. The summed E-state index contributed by atoms with van der Waals surface area (Å²) in [4.78, 5) is 12.5. The van der Waals surface area contributed by atoms with E-state index in [4.69, 9.17) is 4.42 Å². The number of rotatable bonds is 4. The number of para-hydroxylation sites is 1. The van der Waals surface area contributed by atoms with Gasteiger partial charge in [0, 0.05) is 16.6 Å². The number of furan rings is 1. The lowest BCUT2D eigenvalue weighted by atomic mass is 9.96. The number of fused-ring (bicyclic) bond motifs is 1. The summed E-state index contributed by atoms with van der Waals surface area (Å²) < 4.78 is 74.3. The van der Waals surface area contributed by atoms with E-state index in [-0.39, 0.29) is 28.3 Å². The molecule has 33 heavy (non-hydrogen) atoms. The van der Waals surface area contributed by atoms with E-state index < -0.39 is 35.0 Å². The van der Waals surface area contributed by atoms with Crippen LogP contribution < -0.4 is 5.32 Å². The fourth-order valence-corrected chi connectivity index (χ4v) is 3.73. The molecule has 0 radical (unpaired) electrons. The molecule has 4 rings (SSSR count). The molecule has 0 saturated heterocycles. The Morgan fingerprint density at radius 3 is 2.36 bits per heavy atom. The second-order valence-corrected chi connectivity index (χ2v) is 7.50. The van der Waals surface area contributed by atoms with Crippen molar-refractivity contribution in [2.24, 2.45) is 5.92 Å². The van der Waals surface area contributed by atoms with Crippen LogP contribution >= 0.6 is 0 Å². The van der Waals surface area contributed by atoms with Crippen LogP contribution in [-0.2, 0) is 6.18 Å². The summed E-state index contributed by atoms with van der Waals surface area (Å²) in [7, 11) is 0. The van der Waals surface area contributed by atoms with Crippen LogP contribution in [0.3, 0.4) is 0 Å². The molecule has 0 aliphatic heterocycles. The van der Waals surface area contributed by atoms with Crippen LogP contribution in [0, 0.1) is 17.6 Å². The first kappa shape index (κ1) is 22.5. The predicted octanol–water partition coefficient (Wildman–Crippen LogP) is 7.02. The van der Waals surface area contributed by atoms with Crippen LogP contribution in [0.25, 0.3) is 16.5 Å². The van der Waals surface area contributed by atoms with Crippen molar-refractivity contribution in [2.45, 2.75) is 19.5 Å². The summed E-state index contributed by atoms with van der Waals surface area (Å²) in [5.74, 6) is -4.50. The van der Waals surface area contributed by atoms with E-state index in [9.17, 15) is 26.7 Å². The van der Waals surface area contributed by atoms with E-state index in [1.807, 2.05) is 6.92 Å². The van der Waals surface area contributed by atoms with Crippen LogP contribution in [-0.4, -0.2) is 5.91 Å². The van der Waals surface area contributed by atoms with E-state index in [1.165, 1.54) is 18.2 Å². The Morgan fingerprint density at radius 2 is 1.70 bits per heavy atom. The smallest absolute Gasteiger partial charge is 0.450 e. The average molecular weight is 459 g/mol. The highest BCUT2D eigenvalue weighted by Crippen LogP contribution is 2.42. The summed E-state index contributed by atoms with van der Waals surface area (Å²) in [6.07, 6.45) is 1.88. The molecular formula is C25H18F5NO2. The van der Waals surface area contributed by atoms with Crippen LogP contribution in [0.4, 0.5) is 22.0 Å². The number of hydrogen-bond acceptors (Lipinski definition) is 2. The van der Waals surface area contributed by atoms with Crippen LogP contribution in [0.5, 0.6) is 0 Å². The minimum atomic E-state index is -4.72. The molecule has 0 fully saturated rings. The van der Waals surface area contributed by atoms with E-state index in [0.717, 1.165) is 18.2 Å². The van der Waals surface area contributed by atoms with Gasteiger partial charge in [0.1, 0.15) is 22.8 Å². The SMILES string of the molecule is CCC1C=C(NC(=O)c2c(F)cccc2F)C=CC(c2c(C(F)(F)F)oc3ccccc23)=C1. The number of alkyl halides is 3. The second kappa shape index (κ2) is 8.69. The summed E-state index contributed by atoms with van der Waals surface area (Å²) in [5.41, 5.74) is -0.270. The van der Waals surface area contributed by atoms with Crippen molar-refractivity contribution in [1.29, 1.82) is 0 Å². The second-order valence-electron chi connectivity index (χ2n) is 7.50. The van der Waals surface area contributed by atoms with Gasteiger partial charge in [0.2, 0.25) is 5.76 Å². The highest BCUT2D eigenvalue weighted by Gasteiger charge is 2.40. The first-order valence-corrected chi connectivity index (χ1v) is 10.1. The topological polar surface area (TPSA) is 42.2 Å². The molecule has 1 atom stereocenters. The molecule has 170 valence electrons. The molecule has 2 aromatic carbocycles. The van der Waals surface area contributed by atoms with Gasteiger partial charge in [0.15, 0.2) is 0 Å². The molecule has 1 N–H and O–H groups in total. The standard InChI is InChI=1S/C25H18F5NO2/c1-2-14-12-15(21-17-6-3-4-9-20(17)33-23(21)25(28,29)30)10-11-16(13-14)31-24(32)22-18(26)7-5-8-19(22)27/h3-14H,2H2,1H3,(H,31,32). The molecule has 1 aliphatic carbocycles. The maximum absolute atomic E-state index is 14.0. The Bertz CT molecular complexity index is 1290. The van der Waals surface area contributed by atoms with Gasteiger partial charge in [0.05, 0.1) is 0 Å². The van der Waals surface area contributed by atoms with E-state index in [0.29, 0.717) is 11.8 Å². The maximum atomic E-state index is 14.0. The third kappa shape index (κ3) is 4.46. The molecule has 8 heteroatoms. The van der Waals surface area contributed by atoms with E-state index in [2.05, 4.69) is 5.32 Å². The molecular weight excluding hydrogens is 441 g/mol. The lowest BCUT2D eigenvalue weighted by Crippen LogP contribution is -2.24. The molecule has 0 saturated carbocycles. The average Bonchev–Trinajstić information content (AvgIpc) is 3.04. The highest BCUT2D eigenvalue weighted by molar-refractivity contribution is 5.97. The molecule has 1 aromatic heterocycles. The fraction of sp³-hybridized carbons (Fsp3) is 0.160. The lowest BCUT2D eigenvalue weighted by Gasteiger charge is -2.10. The molecule has 1 unspecified atom stereocenters. The Labute approximate surface area is 185 Å². The Morgan fingerprint density at radius 1 is 1.00 bits per heavy atom. The van der Waals surface area contributed by atoms with Crippen molar-refractivity contribution in [3.8, 4) is 0 Å². The third-order valence-corrected chi connectivity index (χ3v) is 5.29. The van der Waals surface area contributed by atoms with Crippen molar-refractivity contribution < 1.29 is 31.2 Å². The van der Waals surface area contributed by atoms with Gasteiger partial charge in [-0.1, -0.05) is 49.4 Å². The van der Waals surface area contributed by atoms with Gasteiger partial charge in [-0.25, -0.2) is 8.78 Å². The van der Waals surface area contributed by atoms with Gasteiger partial charge >= 0.3 is 6.18 Å². The van der Waals surface area contributed by atoms with Gasteiger partial charge in [-0.15, -0.1) is 0 Å². The minimum Gasteiger partial charge on any atom is -0.451 e. The molecule has 0 bridgehead atoms. The van der Waals surface area contributed by atoms with Crippen molar-refractivity contribution in [2.75, 3.05) is 0 Å². The van der Waals surface area contributed by atoms with Gasteiger partial charge in [0.25, 0.3) is 5.91 Å². The number of amides is 1. The van der Waals surface area contributed by atoms with Crippen molar-refractivity contribution >= 4 is 22.4 Å². The summed E-state index contributed by atoms with van der Waals surface area (Å²) in [6.45, 7) is 1.83. The lowest BCUT2D eigenvalue weighted by molar-refractivity contribution is -0.152. The largest absolute Gasteiger partial charge is 0.451 e. The third-order valence-electron chi connectivity index (χ3n) is 5.29. The number of carbonyl (C=O) groups is 1. The van der Waals surface area contributed by atoms with Crippen LogP contribution in [0.1, 0.15) is 35.0 Å². The molecule has 0 spiro atoms.